The first-order valence-electron chi connectivity index (χ1n) is 9.51. The number of hydrogen-bond donors (Lipinski definition) is 3. The highest BCUT2D eigenvalue weighted by atomic mass is 16.4. The number of carboxylic acids is 1. The number of aryl methyl sites for hydroxylation is 2. The average molecular weight is 402 g/mol. The third-order valence-electron chi connectivity index (χ3n) is 4.60. The highest BCUT2D eigenvalue weighted by Crippen LogP contribution is 2.17. The highest BCUT2D eigenvalue weighted by molar-refractivity contribution is 6.08. The van der Waals surface area contributed by atoms with Crippen LogP contribution >= 0.6 is 0 Å². The van der Waals surface area contributed by atoms with Gasteiger partial charge in [-0.25, -0.2) is 4.79 Å². The van der Waals surface area contributed by atoms with Gasteiger partial charge in [-0.1, -0.05) is 42.0 Å². The summed E-state index contributed by atoms with van der Waals surface area (Å²) in [5, 5.41) is 14.6. The fraction of sp³-hybridized carbons (Fsp3) is 0.125. The Kier molecular flexibility index (Phi) is 6.60. The molecule has 152 valence electrons. The van der Waals surface area contributed by atoms with E-state index in [1.165, 1.54) is 17.7 Å². The minimum absolute atomic E-state index is 0.0170. The van der Waals surface area contributed by atoms with Gasteiger partial charge in [0, 0.05) is 17.7 Å². The number of anilines is 2. The van der Waals surface area contributed by atoms with E-state index >= 15 is 0 Å². The van der Waals surface area contributed by atoms with Gasteiger partial charge >= 0.3 is 5.97 Å². The number of hydrogen-bond acceptors (Lipinski definition) is 3. The summed E-state index contributed by atoms with van der Waals surface area (Å²) >= 11 is 0. The standard InChI is InChI=1S/C24H22N2O4/c1-16-6-8-17(9-7-16)10-15-22(27)25-19-13-11-18(12-14-19)23(28)26-21-5-3-2-4-20(21)24(29)30/h2-9,11-14H,10,15H2,1H3,(H,25,27)(H,26,28)(H,29,30). The molecule has 0 bridgehead atoms. The van der Waals surface area contributed by atoms with Crippen molar-refractivity contribution >= 4 is 29.2 Å². The Hall–Kier alpha value is -3.93. The van der Waals surface area contributed by atoms with Crippen molar-refractivity contribution in [1.29, 1.82) is 0 Å². The maximum Gasteiger partial charge on any atom is 0.337 e. The van der Waals surface area contributed by atoms with Crippen molar-refractivity contribution in [3.8, 4) is 0 Å². The number of carbonyl (C=O) groups excluding carboxylic acids is 2. The molecule has 0 unspecified atom stereocenters. The molecule has 0 aromatic heterocycles. The van der Waals surface area contributed by atoms with E-state index in [0.717, 1.165) is 5.56 Å². The van der Waals surface area contributed by atoms with Gasteiger partial charge in [-0.15, -0.1) is 0 Å². The molecular weight excluding hydrogens is 380 g/mol. The number of amides is 2. The van der Waals surface area contributed by atoms with Crippen molar-refractivity contribution < 1.29 is 19.5 Å². The lowest BCUT2D eigenvalue weighted by Crippen LogP contribution is -2.15. The first kappa shape index (κ1) is 20.8. The Morgan fingerprint density at radius 2 is 1.50 bits per heavy atom. The molecule has 0 aliphatic heterocycles. The number of carbonyl (C=O) groups is 3. The summed E-state index contributed by atoms with van der Waals surface area (Å²) in [4.78, 5) is 35.8. The van der Waals surface area contributed by atoms with Gasteiger partial charge in [0.1, 0.15) is 0 Å². The molecule has 3 aromatic rings. The number of rotatable bonds is 7. The number of carboxylic acid groups (broad SMARTS) is 1. The molecule has 6 nitrogen and oxygen atoms in total. The minimum atomic E-state index is -1.12. The number of aromatic carboxylic acids is 1. The number of para-hydroxylation sites is 1. The minimum Gasteiger partial charge on any atom is -0.478 e. The summed E-state index contributed by atoms with van der Waals surface area (Å²) < 4.78 is 0. The number of nitrogens with one attached hydrogen (secondary N) is 2. The molecule has 0 fully saturated rings. The summed E-state index contributed by atoms with van der Waals surface area (Å²) in [6, 6.07) is 20.7. The van der Waals surface area contributed by atoms with Crippen LogP contribution in [0.15, 0.2) is 72.8 Å². The topological polar surface area (TPSA) is 95.5 Å². The quantitative estimate of drug-likeness (QED) is 0.542. The van der Waals surface area contributed by atoms with E-state index in [1.54, 1.807) is 36.4 Å². The largest absolute Gasteiger partial charge is 0.478 e. The van der Waals surface area contributed by atoms with Gasteiger partial charge in [0.15, 0.2) is 0 Å². The van der Waals surface area contributed by atoms with E-state index in [9.17, 15) is 19.5 Å². The van der Waals surface area contributed by atoms with Crippen molar-refractivity contribution in [1.82, 2.24) is 0 Å². The third kappa shape index (κ3) is 5.54. The smallest absolute Gasteiger partial charge is 0.337 e. The van der Waals surface area contributed by atoms with Crippen molar-refractivity contribution in [2.45, 2.75) is 19.8 Å². The molecule has 0 aliphatic rings. The molecule has 0 radical (unpaired) electrons. The van der Waals surface area contributed by atoms with Gasteiger partial charge in [-0.3, -0.25) is 9.59 Å². The van der Waals surface area contributed by atoms with E-state index in [2.05, 4.69) is 10.6 Å². The molecule has 0 atom stereocenters. The Bertz CT molecular complexity index is 1060. The van der Waals surface area contributed by atoms with E-state index in [0.29, 0.717) is 24.1 Å². The second-order valence-corrected chi connectivity index (χ2v) is 6.92. The van der Waals surface area contributed by atoms with Gasteiger partial charge in [-0.05, 0) is 55.3 Å². The van der Waals surface area contributed by atoms with Gasteiger partial charge in [-0.2, -0.15) is 0 Å². The third-order valence-corrected chi connectivity index (χ3v) is 4.60. The molecule has 30 heavy (non-hydrogen) atoms. The molecule has 2 amide bonds. The zero-order chi connectivity index (χ0) is 21.5. The summed E-state index contributed by atoms with van der Waals surface area (Å²) in [5.41, 5.74) is 3.47. The van der Waals surface area contributed by atoms with E-state index in [-0.39, 0.29) is 17.2 Å². The van der Waals surface area contributed by atoms with Crippen LogP contribution in [0.2, 0.25) is 0 Å². The Morgan fingerprint density at radius 1 is 0.833 bits per heavy atom. The van der Waals surface area contributed by atoms with Crippen molar-refractivity contribution in [2.24, 2.45) is 0 Å². The molecule has 3 N–H and O–H groups in total. The average Bonchev–Trinajstić information content (AvgIpc) is 2.74. The van der Waals surface area contributed by atoms with Crippen LogP contribution in [0.3, 0.4) is 0 Å². The van der Waals surface area contributed by atoms with Crippen LogP contribution in [-0.4, -0.2) is 22.9 Å². The first-order chi connectivity index (χ1) is 14.4. The molecule has 0 aliphatic carbocycles. The first-order valence-corrected chi connectivity index (χ1v) is 9.51. The SMILES string of the molecule is Cc1ccc(CCC(=O)Nc2ccc(C(=O)Nc3ccccc3C(=O)O)cc2)cc1. The molecule has 3 aromatic carbocycles. The lowest BCUT2D eigenvalue weighted by molar-refractivity contribution is -0.116. The molecule has 0 saturated carbocycles. The van der Waals surface area contributed by atoms with E-state index in [4.69, 9.17) is 0 Å². The van der Waals surface area contributed by atoms with Gasteiger partial charge in [0.2, 0.25) is 5.91 Å². The van der Waals surface area contributed by atoms with Gasteiger partial charge < -0.3 is 15.7 Å². The predicted molar refractivity (Wildman–Crippen MR) is 116 cm³/mol. The second kappa shape index (κ2) is 9.52. The van der Waals surface area contributed by atoms with Gasteiger partial charge in [0.25, 0.3) is 5.91 Å². The molecular formula is C24H22N2O4. The summed E-state index contributed by atoms with van der Waals surface area (Å²) in [6.45, 7) is 2.02. The van der Waals surface area contributed by atoms with Gasteiger partial charge in [0.05, 0.1) is 11.3 Å². The maximum absolute atomic E-state index is 12.4. The normalized spacial score (nSPS) is 10.3. The van der Waals surface area contributed by atoms with Crippen LogP contribution in [-0.2, 0) is 11.2 Å². The van der Waals surface area contributed by atoms with Crippen LogP contribution in [0, 0.1) is 6.92 Å². The van der Waals surface area contributed by atoms with Crippen molar-refractivity contribution in [3.63, 3.8) is 0 Å². The van der Waals surface area contributed by atoms with E-state index in [1.807, 2.05) is 31.2 Å². The van der Waals surface area contributed by atoms with Crippen molar-refractivity contribution in [2.75, 3.05) is 10.6 Å². The lowest BCUT2D eigenvalue weighted by Gasteiger charge is -2.09. The van der Waals surface area contributed by atoms with E-state index < -0.39 is 11.9 Å². The van der Waals surface area contributed by atoms with Crippen LogP contribution in [0.4, 0.5) is 11.4 Å². The summed E-state index contributed by atoms with van der Waals surface area (Å²) in [5.74, 6) is -1.65. The highest BCUT2D eigenvalue weighted by Gasteiger charge is 2.13. The molecule has 3 rings (SSSR count). The molecule has 0 saturated heterocycles. The van der Waals surface area contributed by atoms with Crippen molar-refractivity contribution in [3.05, 3.63) is 95.1 Å². The Morgan fingerprint density at radius 3 is 2.17 bits per heavy atom. The monoisotopic (exact) mass is 402 g/mol. The Labute approximate surface area is 174 Å². The summed E-state index contributed by atoms with van der Waals surface area (Å²) in [7, 11) is 0. The van der Waals surface area contributed by atoms with Crippen LogP contribution < -0.4 is 10.6 Å². The maximum atomic E-state index is 12.4. The zero-order valence-corrected chi connectivity index (χ0v) is 16.5. The van der Waals surface area contributed by atoms with Crippen LogP contribution in [0.1, 0.15) is 38.3 Å². The molecule has 0 heterocycles. The zero-order valence-electron chi connectivity index (χ0n) is 16.5. The fourth-order valence-electron chi connectivity index (χ4n) is 2.91. The molecule has 0 spiro atoms. The number of benzene rings is 3. The van der Waals surface area contributed by atoms with Crippen LogP contribution in [0.5, 0.6) is 0 Å². The molecule has 6 heteroatoms. The van der Waals surface area contributed by atoms with Crippen LogP contribution in [0.25, 0.3) is 0 Å². The predicted octanol–water partition coefficient (Wildman–Crippen LogP) is 4.52. The fourth-order valence-corrected chi connectivity index (χ4v) is 2.91. The second-order valence-electron chi connectivity index (χ2n) is 6.92. The lowest BCUT2D eigenvalue weighted by atomic mass is 10.1. The summed E-state index contributed by atoms with van der Waals surface area (Å²) in [6.07, 6.45) is 1.01. The Balaban J connectivity index is 1.56.